The molecule has 1 aliphatic rings. The van der Waals surface area contributed by atoms with Crippen molar-refractivity contribution < 1.29 is 9.59 Å². The van der Waals surface area contributed by atoms with Crippen molar-refractivity contribution >= 4 is 23.2 Å². The number of rotatable bonds is 3. The zero-order valence-electron chi connectivity index (χ0n) is 17.2. The van der Waals surface area contributed by atoms with Crippen molar-refractivity contribution in [1.82, 2.24) is 4.90 Å². The van der Waals surface area contributed by atoms with E-state index in [1.807, 2.05) is 47.4 Å². The van der Waals surface area contributed by atoms with Crippen LogP contribution in [-0.4, -0.2) is 42.9 Å². The van der Waals surface area contributed by atoms with Crippen LogP contribution in [0.3, 0.4) is 0 Å². The molecule has 5 heteroatoms. The van der Waals surface area contributed by atoms with E-state index in [0.717, 1.165) is 35.6 Å². The number of nitrogens with zero attached hydrogens (tertiary/aromatic N) is 2. The first kappa shape index (κ1) is 19.9. The number of amides is 2. The molecule has 2 amide bonds. The van der Waals surface area contributed by atoms with E-state index >= 15 is 0 Å². The summed E-state index contributed by atoms with van der Waals surface area (Å²) in [6.45, 7) is 10.8. The highest BCUT2D eigenvalue weighted by atomic mass is 16.2. The summed E-state index contributed by atoms with van der Waals surface area (Å²) in [7, 11) is 0. The van der Waals surface area contributed by atoms with Crippen LogP contribution in [0.15, 0.2) is 48.5 Å². The molecule has 0 unspecified atom stereocenters. The average molecular weight is 380 g/mol. The molecule has 0 atom stereocenters. The Labute approximate surface area is 167 Å². The van der Waals surface area contributed by atoms with Crippen LogP contribution in [0.2, 0.25) is 0 Å². The predicted octanol–water partition coefficient (Wildman–Crippen LogP) is 4.54. The number of anilines is 2. The van der Waals surface area contributed by atoms with Gasteiger partial charge >= 0.3 is 6.03 Å². The van der Waals surface area contributed by atoms with Gasteiger partial charge in [0.15, 0.2) is 5.78 Å². The van der Waals surface area contributed by atoms with Gasteiger partial charge in [-0.15, -0.1) is 0 Å². The van der Waals surface area contributed by atoms with Crippen LogP contribution in [0.1, 0.15) is 43.6 Å². The number of hydrogen-bond donors (Lipinski definition) is 1. The van der Waals surface area contributed by atoms with Crippen molar-refractivity contribution in [3.8, 4) is 0 Å². The molecule has 3 rings (SSSR count). The molecule has 0 aromatic heterocycles. The lowest BCUT2D eigenvalue weighted by Crippen LogP contribution is -2.50. The van der Waals surface area contributed by atoms with Crippen LogP contribution < -0.4 is 10.2 Å². The number of para-hydroxylation sites is 1. The molecule has 0 bridgehead atoms. The van der Waals surface area contributed by atoms with E-state index in [-0.39, 0.29) is 17.2 Å². The van der Waals surface area contributed by atoms with Crippen LogP contribution in [-0.2, 0) is 5.41 Å². The normalized spacial score (nSPS) is 14.7. The van der Waals surface area contributed by atoms with E-state index in [9.17, 15) is 9.59 Å². The van der Waals surface area contributed by atoms with Gasteiger partial charge in [-0.3, -0.25) is 4.79 Å². The number of carbonyl (C=O) groups excluding carboxylic acids is 2. The van der Waals surface area contributed by atoms with Gasteiger partial charge in [0.2, 0.25) is 0 Å². The standard InChI is InChI=1S/C23H29N3O2/c1-17(27)18-8-7-9-19(16-18)25-12-14-26(15-13-25)22(28)24-21-11-6-5-10-20(21)23(2,3)4/h5-11,16H,12-15H2,1-4H3,(H,24,28). The third-order valence-corrected chi connectivity index (χ3v) is 5.16. The van der Waals surface area contributed by atoms with Gasteiger partial charge < -0.3 is 15.1 Å². The minimum atomic E-state index is -0.0613. The Balaban J connectivity index is 1.64. The van der Waals surface area contributed by atoms with Crippen LogP contribution in [0, 0.1) is 0 Å². The second-order valence-electron chi connectivity index (χ2n) is 8.31. The Hall–Kier alpha value is -2.82. The molecule has 1 fully saturated rings. The van der Waals surface area contributed by atoms with Gasteiger partial charge in [0.25, 0.3) is 0 Å². The summed E-state index contributed by atoms with van der Waals surface area (Å²) in [5, 5.41) is 3.09. The lowest BCUT2D eigenvalue weighted by Gasteiger charge is -2.36. The number of hydrogen-bond acceptors (Lipinski definition) is 3. The molecule has 0 saturated carbocycles. The third-order valence-electron chi connectivity index (χ3n) is 5.16. The summed E-state index contributed by atoms with van der Waals surface area (Å²) in [5.41, 5.74) is 3.71. The van der Waals surface area contributed by atoms with Gasteiger partial charge in [-0.25, -0.2) is 4.79 Å². The minimum absolute atomic E-state index is 0.0374. The number of piperazine rings is 1. The van der Waals surface area contributed by atoms with Crippen LogP contribution in [0.5, 0.6) is 0 Å². The molecule has 148 valence electrons. The maximum absolute atomic E-state index is 12.8. The highest BCUT2D eigenvalue weighted by molar-refractivity contribution is 5.95. The Bertz CT molecular complexity index is 862. The van der Waals surface area contributed by atoms with E-state index in [2.05, 4.69) is 37.1 Å². The minimum Gasteiger partial charge on any atom is -0.368 e. The largest absolute Gasteiger partial charge is 0.368 e. The number of Topliss-reactive ketones (excluding diaryl/α,β-unsaturated/α-hetero) is 1. The quantitative estimate of drug-likeness (QED) is 0.797. The zero-order chi connectivity index (χ0) is 20.3. The lowest BCUT2D eigenvalue weighted by atomic mass is 9.86. The summed E-state index contributed by atoms with van der Waals surface area (Å²) in [5.74, 6) is 0.0670. The first-order valence-corrected chi connectivity index (χ1v) is 9.77. The fraction of sp³-hybridized carbons (Fsp3) is 0.391. The predicted molar refractivity (Wildman–Crippen MR) is 114 cm³/mol. The molecular weight excluding hydrogens is 350 g/mol. The fourth-order valence-electron chi connectivity index (χ4n) is 3.53. The molecule has 2 aromatic carbocycles. The van der Waals surface area contributed by atoms with Gasteiger partial charge in [-0.2, -0.15) is 0 Å². The maximum Gasteiger partial charge on any atom is 0.321 e. The second-order valence-corrected chi connectivity index (χ2v) is 8.31. The third kappa shape index (κ3) is 4.53. The smallest absolute Gasteiger partial charge is 0.321 e. The van der Waals surface area contributed by atoms with Crippen LogP contribution >= 0.6 is 0 Å². The van der Waals surface area contributed by atoms with Crippen molar-refractivity contribution in [3.63, 3.8) is 0 Å². The number of ketones is 1. The van der Waals surface area contributed by atoms with Gasteiger partial charge in [0, 0.05) is 43.1 Å². The van der Waals surface area contributed by atoms with Gasteiger partial charge in [0.1, 0.15) is 0 Å². The highest BCUT2D eigenvalue weighted by Gasteiger charge is 2.24. The zero-order valence-corrected chi connectivity index (χ0v) is 17.2. The number of carbonyl (C=O) groups is 2. The summed E-state index contributed by atoms with van der Waals surface area (Å²) in [4.78, 5) is 28.5. The Morgan fingerprint density at radius 3 is 2.25 bits per heavy atom. The molecule has 0 spiro atoms. The summed E-state index contributed by atoms with van der Waals surface area (Å²) >= 11 is 0. The van der Waals surface area contributed by atoms with E-state index in [0.29, 0.717) is 13.1 Å². The van der Waals surface area contributed by atoms with Crippen molar-refractivity contribution in [3.05, 3.63) is 59.7 Å². The van der Waals surface area contributed by atoms with E-state index in [4.69, 9.17) is 0 Å². The molecule has 2 aromatic rings. The van der Waals surface area contributed by atoms with Crippen LogP contribution in [0.25, 0.3) is 0 Å². The highest BCUT2D eigenvalue weighted by Crippen LogP contribution is 2.29. The molecule has 1 N–H and O–H groups in total. The molecule has 1 aliphatic heterocycles. The number of urea groups is 1. The maximum atomic E-state index is 12.8. The van der Waals surface area contributed by atoms with E-state index in [1.54, 1.807) is 6.92 Å². The first-order chi connectivity index (χ1) is 13.3. The average Bonchev–Trinajstić information content (AvgIpc) is 2.68. The van der Waals surface area contributed by atoms with Gasteiger partial charge in [-0.1, -0.05) is 51.1 Å². The molecule has 5 nitrogen and oxygen atoms in total. The first-order valence-electron chi connectivity index (χ1n) is 9.77. The van der Waals surface area contributed by atoms with Crippen molar-refractivity contribution in [2.24, 2.45) is 0 Å². The number of nitrogens with one attached hydrogen (secondary N) is 1. The van der Waals surface area contributed by atoms with Gasteiger partial charge in [-0.05, 0) is 36.1 Å². The second kappa shape index (κ2) is 8.05. The molecule has 1 heterocycles. The lowest BCUT2D eigenvalue weighted by molar-refractivity contribution is 0.101. The fourth-order valence-corrected chi connectivity index (χ4v) is 3.53. The Morgan fingerprint density at radius 2 is 1.61 bits per heavy atom. The SMILES string of the molecule is CC(=O)c1cccc(N2CCN(C(=O)Nc3ccccc3C(C)(C)C)CC2)c1. The molecule has 0 aliphatic carbocycles. The summed E-state index contributed by atoms with van der Waals surface area (Å²) in [6.07, 6.45) is 0. The van der Waals surface area contributed by atoms with E-state index in [1.165, 1.54) is 0 Å². The Morgan fingerprint density at radius 1 is 0.929 bits per heavy atom. The molecular formula is C23H29N3O2. The molecule has 1 saturated heterocycles. The monoisotopic (exact) mass is 379 g/mol. The topological polar surface area (TPSA) is 52.7 Å². The number of benzene rings is 2. The van der Waals surface area contributed by atoms with E-state index < -0.39 is 0 Å². The van der Waals surface area contributed by atoms with Crippen molar-refractivity contribution in [2.45, 2.75) is 33.1 Å². The van der Waals surface area contributed by atoms with Crippen molar-refractivity contribution in [2.75, 3.05) is 36.4 Å². The molecule has 28 heavy (non-hydrogen) atoms. The van der Waals surface area contributed by atoms with Crippen LogP contribution in [0.4, 0.5) is 16.2 Å². The summed E-state index contributed by atoms with van der Waals surface area (Å²) < 4.78 is 0. The van der Waals surface area contributed by atoms with Gasteiger partial charge in [0.05, 0.1) is 0 Å². The van der Waals surface area contributed by atoms with Crippen molar-refractivity contribution in [1.29, 1.82) is 0 Å². The Kier molecular flexibility index (Phi) is 5.73. The summed E-state index contributed by atoms with van der Waals surface area (Å²) in [6, 6.07) is 15.6. The molecule has 0 radical (unpaired) electrons.